The third kappa shape index (κ3) is 2.80. The molecule has 7 heteroatoms. The maximum absolute atomic E-state index is 11.5. The molecule has 2 heterocycles. The van der Waals surface area contributed by atoms with Crippen LogP contribution in [0.1, 0.15) is 0 Å². The van der Waals surface area contributed by atoms with E-state index < -0.39 is 23.8 Å². The van der Waals surface area contributed by atoms with Crippen LogP contribution in [0.4, 0.5) is 4.79 Å². The standard InChI is InChI=1S/C10H16N4O3/c1-13-2-4-14(5-3-13)6-7-8(15)11-10(17)12-9(7)16/h7H,2-6H2,1H3,(H2,11,12,15,16,17). The van der Waals surface area contributed by atoms with Crippen LogP contribution in [0.5, 0.6) is 0 Å². The molecule has 94 valence electrons. The summed E-state index contributed by atoms with van der Waals surface area (Å²) in [6.07, 6.45) is 0. The lowest BCUT2D eigenvalue weighted by Crippen LogP contribution is -2.59. The number of nitrogens with one attached hydrogen (secondary N) is 2. The molecular formula is C10H16N4O3. The maximum Gasteiger partial charge on any atom is 0.328 e. The van der Waals surface area contributed by atoms with Crippen LogP contribution in [0.3, 0.4) is 0 Å². The predicted molar refractivity (Wildman–Crippen MR) is 59.1 cm³/mol. The van der Waals surface area contributed by atoms with E-state index in [1.165, 1.54) is 0 Å². The van der Waals surface area contributed by atoms with Gasteiger partial charge in [0, 0.05) is 32.7 Å². The quantitative estimate of drug-likeness (QED) is 0.557. The first-order valence-corrected chi connectivity index (χ1v) is 5.63. The van der Waals surface area contributed by atoms with Gasteiger partial charge in [-0.05, 0) is 7.05 Å². The number of rotatable bonds is 2. The Morgan fingerprint density at radius 3 is 2.12 bits per heavy atom. The Balaban J connectivity index is 1.91. The van der Waals surface area contributed by atoms with Gasteiger partial charge < -0.3 is 4.90 Å². The summed E-state index contributed by atoms with van der Waals surface area (Å²) in [7, 11) is 2.04. The molecule has 2 N–H and O–H groups in total. The largest absolute Gasteiger partial charge is 0.328 e. The number of hydrogen-bond donors (Lipinski definition) is 2. The number of imide groups is 2. The van der Waals surface area contributed by atoms with Gasteiger partial charge in [-0.15, -0.1) is 0 Å². The number of urea groups is 1. The van der Waals surface area contributed by atoms with Crippen LogP contribution in [-0.2, 0) is 9.59 Å². The van der Waals surface area contributed by atoms with Crippen LogP contribution >= 0.6 is 0 Å². The summed E-state index contributed by atoms with van der Waals surface area (Å²) in [6, 6.07) is -0.727. The first-order chi connectivity index (χ1) is 8.06. The molecule has 0 unspecified atom stereocenters. The fraction of sp³-hybridized carbons (Fsp3) is 0.700. The van der Waals surface area contributed by atoms with Crippen LogP contribution in [0.2, 0.25) is 0 Å². The molecule has 7 nitrogen and oxygen atoms in total. The van der Waals surface area contributed by atoms with E-state index in [9.17, 15) is 14.4 Å². The summed E-state index contributed by atoms with van der Waals surface area (Å²) < 4.78 is 0. The monoisotopic (exact) mass is 240 g/mol. The fourth-order valence-electron chi connectivity index (χ4n) is 2.00. The highest BCUT2D eigenvalue weighted by atomic mass is 16.2. The van der Waals surface area contributed by atoms with Crippen molar-refractivity contribution in [2.45, 2.75) is 0 Å². The molecule has 0 saturated carbocycles. The van der Waals surface area contributed by atoms with Crippen molar-refractivity contribution in [3.8, 4) is 0 Å². The van der Waals surface area contributed by atoms with E-state index in [1.807, 2.05) is 7.05 Å². The van der Waals surface area contributed by atoms with E-state index in [1.54, 1.807) is 0 Å². The van der Waals surface area contributed by atoms with Gasteiger partial charge in [0.25, 0.3) is 0 Å². The molecule has 0 aliphatic carbocycles. The van der Waals surface area contributed by atoms with E-state index in [-0.39, 0.29) is 0 Å². The molecule has 2 aliphatic heterocycles. The summed E-state index contributed by atoms with van der Waals surface area (Å²) in [5, 5.41) is 4.22. The average Bonchev–Trinajstić information content (AvgIpc) is 2.26. The Hall–Kier alpha value is -1.47. The minimum absolute atomic E-state index is 0.374. The number of nitrogens with zero attached hydrogens (tertiary/aromatic N) is 2. The molecule has 2 fully saturated rings. The van der Waals surface area contributed by atoms with Gasteiger partial charge in [0.15, 0.2) is 0 Å². The Kier molecular flexibility index (Phi) is 3.39. The highest BCUT2D eigenvalue weighted by Gasteiger charge is 2.35. The first-order valence-electron chi connectivity index (χ1n) is 5.63. The smallest absolute Gasteiger partial charge is 0.304 e. The molecule has 2 aliphatic rings. The number of barbiturate groups is 1. The number of hydrogen-bond acceptors (Lipinski definition) is 5. The van der Waals surface area contributed by atoms with Gasteiger partial charge in [-0.1, -0.05) is 0 Å². The molecule has 0 aromatic heterocycles. The molecule has 0 aromatic carbocycles. The highest BCUT2D eigenvalue weighted by Crippen LogP contribution is 2.07. The Morgan fingerprint density at radius 1 is 1.06 bits per heavy atom. The SMILES string of the molecule is CN1CCN(CC2C(=O)NC(=O)NC2=O)CC1. The normalized spacial score (nSPS) is 24.6. The van der Waals surface area contributed by atoms with Crippen molar-refractivity contribution in [2.75, 3.05) is 39.8 Å². The van der Waals surface area contributed by atoms with Crippen molar-refractivity contribution >= 4 is 17.8 Å². The molecule has 0 bridgehead atoms. The van der Waals surface area contributed by atoms with Crippen LogP contribution < -0.4 is 10.6 Å². The van der Waals surface area contributed by atoms with Gasteiger partial charge in [-0.2, -0.15) is 0 Å². The van der Waals surface area contributed by atoms with Crippen molar-refractivity contribution in [2.24, 2.45) is 5.92 Å². The van der Waals surface area contributed by atoms with Crippen LogP contribution in [0, 0.1) is 5.92 Å². The van der Waals surface area contributed by atoms with Crippen molar-refractivity contribution in [3.05, 3.63) is 0 Å². The minimum atomic E-state index is -0.781. The van der Waals surface area contributed by atoms with E-state index in [0.717, 1.165) is 26.2 Å². The third-order valence-electron chi connectivity index (χ3n) is 3.14. The number of carbonyl (C=O) groups is 3. The van der Waals surface area contributed by atoms with Crippen molar-refractivity contribution < 1.29 is 14.4 Å². The molecule has 0 aromatic rings. The Bertz CT molecular complexity index is 329. The Labute approximate surface area is 99.1 Å². The topological polar surface area (TPSA) is 81.8 Å². The summed E-state index contributed by atoms with van der Waals surface area (Å²) in [6.45, 7) is 3.89. The third-order valence-corrected chi connectivity index (χ3v) is 3.14. The lowest BCUT2D eigenvalue weighted by Gasteiger charge is -2.34. The second kappa shape index (κ2) is 4.80. The van der Waals surface area contributed by atoms with Crippen LogP contribution in [-0.4, -0.2) is 67.4 Å². The van der Waals surface area contributed by atoms with Crippen LogP contribution in [0.15, 0.2) is 0 Å². The van der Waals surface area contributed by atoms with Crippen LogP contribution in [0.25, 0.3) is 0 Å². The molecule has 17 heavy (non-hydrogen) atoms. The van der Waals surface area contributed by atoms with Crippen molar-refractivity contribution in [1.82, 2.24) is 20.4 Å². The van der Waals surface area contributed by atoms with E-state index in [0.29, 0.717) is 6.54 Å². The zero-order valence-corrected chi connectivity index (χ0v) is 9.73. The molecule has 0 radical (unpaired) electrons. The summed E-state index contributed by atoms with van der Waals surface area (Å²) >= 11 is 0. The van der Waals surface area contributed by atoms with Gasteiger partial charge in [0.05, 0.1) is 0 Å². The molecular weight excluding hydrogens is 224 g/mol. The van der Waals surface area contributed by atoms with Gasteiger partial charge in [-0.3, -0.25) is 25.1 Å². The minimum Gasteiger partial charge on any atom is -0.304 e. The fourth-order valence-corrected chi connectivity index (χ4v) is 2.00. The number of likely N-dealkylation sites (N-methyl/N-ethyl adjacent to an activating group) is 1. The molecule has 0 atom stereocenters. The van der Waals surface area contributed by atoms with Gasteiger partial charge >= 0.3 is 6.03 Å². The molecule has 2 rings (SSSR count). The first kappa shape index (κ1) is 12.0. The molecule has 2 saturated heterocycles. The van der Waals surface area contributed by atoms with E-state index in [4.69, 9.17) is 0 Å². The van der Waals surface area contributed by atoms with Crippen molar-refractivity contribution in [3.63, 3.8) is 0 Å². The van der Waals surface area contributed by atoms with Gasteiger partial charge in [-0.25, -0.2) is 4.79 Å². The summed E-state index contributed by atoms with van der Waals surface area (Å²) in [4.78, 5) is 38.2. The van der Waals surface area contributed by atoms with Gasteiger partial charge in [0.2, 0.25) is 11.8 Å². The second-order valence-corrected chi connectivity index (χ2v) is 4.46. The van der Waals surface area contributed by atoms with E-state index >= 15 is 0 Å². The summed E-state index contributed by atoms with van der Waals surface area (Å²) in [5.41, 5.74) is 0. The number of amides is 4. The van der Waals surface area contributed by atoms with Crippen molar-refractivity contribution in [1.29, 1.82) is 0 Å². The Morgan fingerprint density at radius 2 is 1.59 bits per heavy atom. The van der Waals surface area contributed by atoms with E-state index in [2.05, 4.69) is 20.4 Å². The number of carbonyl (C=O) groups excluding carboxylic acids is 3. The predicted octanol–water partition coefficient (Wildman–Crippen LogP) is -1.78. The zero-order chi connectivity index (χ0) is 12.4. The molecule has 0 spiro atoms. The second-order valence-electron chi connectivity index (χ2n) is 4.46. The molecule has 4 amide bonds. The highest BCUT2D eigenvalue weighted by molar-refractivity contribution is 6.16. The number of piperazine rings is 1. The maximum atomic E-state index is 11.5. The summed E-state index contributed by atoms with van der Waals surface area (Å²) in [5.74, 6) is -1.79. The zero-order valence-electron chi connectivity index (χ0n) is 9.73. The average molecular weight is 240 g/mol. The lowest BCUT2D eigenvalue weighted by atomic mass is 10.1. The van der Waals surface area contributed by atoms with Gasteiger partial charge in [0.1, 0.15) is 5.92 Å². The lowest BCUT2D eigenvalue weighted by molar-refractivity contribution is -0.136.